The van der Waals surface area contributed by atoms with Crippen LogP contribution in [-0.2, 0) is 14.3 Å². The van der Waals surface area contributed by atoms with Crippen LogP contribution in [0.1, 0.15) is 84.0 Å². The van der Waals surface area contributed by atoms with Crippen LogP contribution < -0.4 is 0 Å². The average molecular weight is 294 g/mol. The molecule has 1 fully saturated rings. The summed E-state index contributed by atoms with van der Waals surface area (Å²) < 4.78 is 4.52. The van der Waals surface area contributed by atoms with Crippen LogP contribution in [0.25, 0.3) is 0 Å². The molecule has 0 aromatic rings. The molecule has 0 aliphatic carbocycles. The van der Waals surface area contributed by atoms with Gasteiger partial charge < -0.3 is 4.74 Å². The third-order valence-corrected chi connectivity index (χ3v) is 4.02. The Balaban J connectivity index is 1.87. The molecule has 1 saturated heterocycles. The molecule has 0 spiro atoms. The summed E-state index contributed by atoms with van der Waals surface area (Å²) in [5, 5.41) is 0. The van der Waals surface area contributed by atoms with E-state index >= 15 is 0 Å². The van der Waals surface area contributed by atoms with Gasteiger partial charge in [-0.2, -0.15) is 0 Å². The first-order valence-electron chi connectivity index (χ1n) is 8.63. The Morgan fingerprint density at radius 1 is 0.952 bits per heavy atom. The van der Waals surface area contributed by atoms with Gasteiger partial charge in [-0.1, -0.05) is 70.4 Å². The summed E-state index contributed by atoms with van der Waals surface area (Å²) in [6.45, 7) is 2.25. The van der Waals surface area contributed by atoms with Crippen LogP contribution in [0.3, 0.4) is 0 Å². The second kappa shape index (κ2) is 11.5. The van der Waals surface area contributed by atoms with Gasteiger partial charge in [0.15, 0.2) is 0 Å². The highest BCUT2D eigenvalue weighted by molar-refractivity contribution is 5.94. The van der Waals surface area contributed by atoms with Gasteiger partial charge in [-0.3, -0.25) is 9.59 Å². The van der Waals surface area contributed by atoms with Gasteiger partial charge in [-0.15, -0.1) is 0 Å². The quantitative estimate of drug-likeness (QED) is 0.221. The zero-order chi connectivity index (χ0) is 15.3. The highest BCUT2D eigenvalue weighted by Gasteiger charge is 2.31. The zero-order valence-electron chi connectivity index (χ0n) is 13.4. The maximum absolute atomic E-state index is 11.2. The van der Waals surface area contributed by atoms with Crippen molar-refractivity contribution >= 4 is 11.9 Å². The lowest BCUT2D eigenvalue weighted by molar-refractivity contribution is -0.153. The van der Waals surface area contributed by atoms with Crippen molar-refractivity contribution < 1.29 is 14.3 Å². The van der Waals surface area contributed by atoms with E-state index < -0.39 is 0 Å². The molecule has 21 heavy (non-hydrogen) atoms. The van der Waals surface area contributed by atoms with E-state index in [0.29, 0.717) is 6.42 Å². The smallest absolute Gasteiger partial charge is 0.317 e. The Hall–Kier alpha value is -1.12. The number of rotatable bonds is 12. The van der Waals surface area contributed by atoms with Gasteiger partial charge in [0.25, 0.3) is 0 Å². The molecule has 3 nitrogen and oxygen atoms in total. The van der Waals surface area contributed by atoms with Crippen molar-refractivity contribution in [3.8, 4) is 0 Å². The largest absolute Gasteiger partial charge is 0.393 e. The number of carbonyl (C=O) groups is 2. The van der Waals surface area contributed by atoms with Crippen molar-refractivity contribution in [2.45, 2.75) is 84.0 Å². The van der Waals surface area contributed by atoms with Crippen LogP contribution in [0.5, 0.6) is 0 Å². The van der Waals surface area contributed by atoms with Gasteiger partial charge in [0.2, 0.25) is 0 Å². The van der Waals surface area contributed by atoms with Crippen molar-refractivity contribution in [3.05, 3.63) is 12.2 Å². The summed E-state index contributed by atoms with van der Waals surface area (Å²) in [7, 11) is 0. The molecule has 1 aliphatic rings. The fraction of sp³-hybridized carbons (Fsp3) is 0.778. The lowest BCUT2D eigenvalue weighted by Crippen LogP contribution is -2.05. The number of unbranched alkanes of at least 4 members (excludes halogenated alkanes) is 9. The lowest BCUT2D eigenvalue weighted by Gasteiger charge is -2.01. The lowest BCUT2D eigenvalue weighted by atomic mass is 10.0. The summed E-state index contributed by atoms with van der Waals surface area (Å²) in [6.07, 6.45) is 18.2. The molecule has 1 aliphatic heterocycles. The Morgan fingerprint density at radius 3 is 2.14 bits per heavy atom. The monoisotopic (exact) mass is 294 g/mol. The minimum absolute atomic E-state index is 0.239. The molecule has 0 bridgehead atoms. The number of hydrogen-bond donors (Lipinski definition) is 0. The molecule has 0 radical (unpaired) electrons. The molecule has 1 heterocycles. The van der Waals surface area contributed by atoms with E-state index in [-0.39, 0.29) is 24.3 Å². The summed E-state index contributed by atoms with van der Waals surface area (Å²) in [5.41, 5.74) is 0. The van der Waals surface area contributed by atoms with Crippen LogP contribution in [0.15, 0.2) is 12.2 Å². The Labute approximate surface area is 129 Å². The summed E-state index contributed by atoms with van der Waals surface area (Å²) in [5.74, 6) is -0.970. The van der Waals surface area contributed by atoms with E-state index in [0.717, 1.165) is 6.42 Å². The molecule has 1 rings (SSSR count). The maximum Gasteiger partial charge on any atom is 0.317 e. The fourth-order valence-corrected chi connectivity index (χ4v) is 2.65. The predicted molar refractivity (Wildman–Crippen MR) is 84.8 cm³/mol. The average Bonchev–Trinajstić information content (AvgIpc) is 2.78. The van der Waals surface area contributed by atoms with Crippen molar-refractivity contribution in [2.24, 2.45) is 5.92 Å². The maximum atomic E-state index is 11.2. The highest BCUT2D eigenvalue weighted by atomic mass is 16.6. The van der Waals surface area contributed by atoms with Crippen LogP contribution in [-0.4, -0.2) is 11.9 Å². The topological polar surface area (TPSA) is 43.4 Å². The van der Waals surface area contributed by atoms with E-state index in [1.165, 1.54) is 57.8 Å². The summed E-state index contributed by atoms with van der Waals surface area (Å²) in [4.78, 5) is 22.2. The molecule has 1 unspecified atom stereocenters. The number of carbonyl (C=O) groups excluding carboxylic acids is 2. The van der Waals surface area contributed by atoms with E-state index in [9.17, 15) is 9.59 Å². The van der Waals surface area contributed by atoms with Gasteiger partial charge in [0.1, 0.15) is 0 Å². The number of esters is 2. The molecular formula is C18H30O3. The Morgan fingerprint density at radius 2 is 1.57 bits per heavy atom. The second-order valence-corrected chi connectivity index (χ2v) is 6.02. The molecule has 0 saturated carbocycles. The van der Waals surface area contributed by atoms with Crippen molar-refractivity contribution in [1.82, 2.24) is 0 Å². The van der Waals surface area contributed by atoms with Gasteiger partial charge in [-0.05, 0) is 19.3 Å². The molecule has 0 aromatic heterocycles. The molecule has 0 amide bonds. The van der Waals surface area contributed by atoms with Crippen molar-refractivity contribution in [1.29, 1.82) is 0 Å². The predicted octanol–water partition coefficient (Wildman–Crippen LogP) is 4.94. The number of hydrogen-bond acceptors (Lipinski definition) is 3. The molecular weight excluding hydrogens is 264 g/mol. The van der Waals surface area contributed by atoms with Gasteiger partial charge in [0, 0.05) is 0 Å². The molecule has 1 atom stereocenters. The fourth-order valence-electron chi connectivity index (χ4n) is 2.65. The van der Waals surface area contributed by atoms with Crippen LogP contribution >= 0.6 is 0 Å². The SMILES string of the molecule is CCCCCCCCCCC/C=C\CC1CC(=O)OC1=O. The number of cyclic esters (lactones) is 2. The number of allylic oxidation sites excluding steroid dienone is 2. The third-order valence-electron chi connectivity index (χ3n) is 4.02. The molecule has 0 aromatic carbocycles. The van der Waals surface area contributed by atoms with Gasteiger partial charge in [0.05, 0.1) is 12.3 Å². The van der Waals surface area contributed by atoms with Crippen LogP contribution in [0, 0.1) is 5.92 Å². The van der Waals surface area contributed by atoms with E-state index in [2.05, 4.69) is 17.7 Å². The minimum atomic E-state index is -0.377. The summed E-state index contributed by atoms with van der Waals surface area (Å²) >= 11 is 0. The van der Waals surface area contributed by atoms with Gasteiger partial charge in [-0.25, -0.2) is 0 Å². The molecule has 0 N–H and O–H groups in total. The first-order chi connectivity index (χ1) is 10.2. The first kappa shape index (κ1) is 17.9. The normalized spacial score (nSPS) is 18.6. The second-order valence-electron chi connectivity index (χ2n) is 6.02. The standard InChI is InChI=1S/C18H30O3/c1-2-3-4-5-6-7-8-9-10-11-12-13-14-16-15-17(19)21-18(16)20/h12-13,16H,2-11,14-15H2,1H3/b13-12-. The number of ether oxygens (including phenoxy) is 1. The van der Waals surface area contributed by atoms with E-state index in [1.54, 1.807) is 0 Å². The van der Waals surface area contributed by atoms with Crippen LogP contribution in [0.2, 0.25) is 0 Å². The van der Waals surface area contributed by atoms with E-state index in [1.807, 2.05) is 6.08 Å². The summed E-state index contributed by atoms with van der Waals surface area (Å²) in [6, 6.07) is 0. The third kappa shape index (κ3) is 8.69. The Kier molecular flexibility index (Phi) is 9.84. The van der Waals surface area contributed by atoms with Crippen molar-refractivity contribution in [3.63, 3.8) is 0 Å². The first-order valence-corrected chi connectivity index (χ1v) is 8.63. The van der Waals surface area contributed by atoms with Crippen molar-refractivity contribution in [2.75, 3.05) is 0 Å². The van der Waals surface area contributed by atoms with E-state index in [4.69, 9.17) is 0 Å². The Bertz CT molecular complexity index is 333. The molecule has 120 valence electrons. The zero-order valence-corrected chi connectivity index (χ0v) is 13.4. The van der Waals surface area contributed by atoms with Gasteiger partial charge >= 0.3 is 11.9 Å². The highest BCUT2D eigenvalue weighted by Crippen LogP contribution is 2.20. The molecule has 3 heteroatoms. The van der Waals surface area contributed by atoms with Crippen LogP contribution in [0.4, 0.5) is 0 Å². The minimum Gasteiger partial charge on any atom is -0.393 e.